The van der Waals surface area contributed by atoms with Gasteiger partial charge in [-0.15, -0.1) is 0 Å². The number of hydrogen-bond donors (Lipinski definition) is 0. The van der Waals surface area contributed by atoms with Crippen molar-refractivity contribution in [1.82, 2.24) is 0 Å². The van der Waals surface area contributed by atoms with Crippen LogP contribution in [0.1, 0.15) is 105 Å². The van der Waals surface area contributed by atoms with E-state index < -0.39 is 0 Å². The fraction of sp³-hybridized carbons (Fsp3) is 1.00. The molecule has 6 atom stereocenters. The van der Waals surface area contributed by atoms with Gasteiger partial charge in [-0.25, -0.2) is 0 Å². The molecule has 0 aromatic heterocycles. The van der Waals surface area contributed by atoms with Gasteiger partial charge < -0.3 is 0 Å². The molecule has 0 spiro atoms. The molecule has 0 radical (unpaired) electrons. The van der Waals surface area contributed by atoms with Gasteiger partial charge in [0.15, 0.2) is 0 Å². The van der Waals surface area contributed by atoms with E-state index in [-0.39, 0.29) is 0 Å². The van der Waals surface area contributed by atoms with Gasteiger partial charge in [-0.2, -0.15) is 0 Å². The van der Waals surface area contributed by atoms with Crippen molar-refractivity contribution in [2.75, 3.05) is 0 Å². The summed E-state index contributed by atoms with van der Waals surface area (Å²) in [6, 6.07) is 0. The quantitative estimate of drug-likeness (QED) is 0.462. The Labute approximate surface area is 140 Å². The molecule has 0 aliphatic heterocycles. The Morgan fingerprint density at radius 2 is 1.73 bits per heavy atom. The Morgan fingerprint density at radius 1 is 0.955 bits per heavy atom. The summed E-state index contributed by atoms with van der Waals surface area (Å²) in [7, 11) is 0. The van der Waals surface area contributed by atoms with Crippen molar-refractivity contribution < 1.29 is 0 Å². The fourth-order valence-corrected chi connectivity index (χ4v) is 6.22. The molecule has 22 heavy (non-hydrogen) atoms. The molecule has 0 bridgehead atoms. The van der Waals surface area contributed by atoms with Crippen LogP contribution >= 0.6 is 0 Å². The van der Waals surface area contributed by atoms with Crippen molar-refractivity contribution >= 4 is 0 Å². The van der Waals surface area contributed by atoms with Crippen LogP contribution in [0.25, 0.3) is 0 Å². The minimum Gasteiger partial charge on any atom is -0.0654 e. The zero-order chi connectivity index (χ0) is 16.2. The van der Waals surface area contributed by atoms with Gasteiger partial charge in [-0.1, -0.05) is 86.0 Å². The third-order valence-electron chi connectivity index (χ3n) is 7.31. The maximum absolute atomic E-state index is 2.63. The van der Waals surface area contributed by atoms with Gasteiger partial charge in [0.25, 0.3) is 0 Å². The summed E-state index contributed by atoms with van der Waals surface area (Å²) >= 11 is 0. The van der Waals surface area contributed by atoms with Gasteiger partial charge in [0.1, 0.15) is 0 Å². The summed E-state index contributed by atoms with van der Waals surface area (Å²) in [6.07, 6.45) is 16.3. The minimum absolute atomic E-state index is 0.644. The van der Waals surface area contributed by atoms with E-state index >= 15 is 0 Å². The Bertz CT molecular complexity index is 320. The van der Waals surface area contributed by atoms with Crippen molar-refractivity contribution in [3.63, 3.8) is 0 Å². The number of hydrogen-bond acceptors (Lipinski definition) is 0. The molecule has 0 amide bonds. The van der Waals surface area contributed by atoms with Crippen LogP contribution in [0.15, 0.2) is 0 Å². The third-order valence-corrected chi connectivity index (χ3v) is 7.31. The van der Waals surface area contributed by atoms with Crippen LogP contribution < -0.4 is 0 Å². The maximum atomic E-state index is 2.63. The monoisotopic (exact) mass is 306 g/mol. The van der Waals surface area contributed by atoms with Gasteiger partial charge in [0, 0.05) is 0 Å². The largest absolute Gasteiger partial charge is 0.0654 e. The average Bonchev–Trinajstić information content (AvgIpc) is 2.60. The van der Waals surface area contributed by atoms with E-state index in [2.05, 4.69) is 34.6 Å². The van der Waals surface area contributed by atoms with Crippen LogP contribution in [0.4, 0.5) is 0 Å². The molecule has 130 valence electrons. The Balaban J connectivity index is 2.14. The predicted molar refractivity (Wildman–Crippen MR) is 99.0 cm³/mol. The van der Waals surface area contributed by atoms with E-state index in [0.29, 0.717) is 5.41 Å². The van der Waals surface area contributed by atoms with Crippen molar-refractivity contribution in [2.45, 2.75) is 105 Å². The second-order valence-corrected chi connectivity index (χ2v) is 9.41. The topological polar surface area (TPSA) is 0 Å². The van der Waals surface area contributed by atoms with Gasteiger partial charge in [0.2, 0.25) is 0 Å². The second-order valence-electron chi connectivity index (χ2n) is 9.41. The molecule has 2 fully saturated rings. The lowest BCUT2D eigenvalue weighted by Gasteiger charge is -2.44. The molecule has 0 aromatic rings. The van der Waals surface area contributed by atoms with Crippen molar-refractivity contribution in [3.8, 4) is 0 Å². The summed E-state index contributed by atoms with van der Waals surface area (Å²) in [5, 5.41) is 0. The molecule has 0 N–H and O–H groups in total. The zero-order valence-corrected chi connectivity index (χ0v) is 16.2. The van der Waals surface area contributed by atoms with Crippen LogP contribution in [0.2, 0.25) is 0 Å². The van der Waals surface area contributed by atoms with Crippen LogP contribution in [-0.4, -0.2) is 0 Å². The fourth-order valence-electron chi connectivity index (χ4n) is 6.22. The van der Waals surface area contributed by atoms with Crippen LogP contribution in [0.3, 0.4) is 0 Å². The minimum atomic E-state index is 0.644. The number of rotatable bonds is 5. The van der Waals surface area contributed by atoms with Gasteiger partial charge in [-0.05, 0) is 54.3 Å². The van der Waals surface area contributed by atoms with E-state index in [1.54, 1.807) is 0 Å². The highest BCUT2D eigenvalue weighted by Gasteiger charge is 2.40. The van der Waals surface area contributed by atoms with E-state index in [9.17, 15) is 0 Å². The van der Waals surface area contributed by atoms with Gasteiger partial charge in [-0.3, -0.25) is 0 Å². The highest BCUT2D eigenvalue weighted by atomic mass is 14.4. The van der Waals surface area contributed by atoms with E-state index in [0.717, 1.165) is 29.6 Å². The van der Waals surface area contributed by atoms with E-state index in [1.807, 2.05) is 0 Å². The van der Waals surface area contributed by atoms with Gasteiger partial charge >= 0.3 is 0 Å². The lowest BCUT2D eigenvalue weighted by Crippen LogP contribution is -2.34. The lowest BCUT2D eigenvalue weighted by atomic mass is 9.62. The van der Waals surface area contributed by atoms with Crippen molar-refractivity contribution in [2.24, 2.45) is 35.0 Å². The molecular weight excluding hydrogens is 264 g/mol. The first-order chi connectivity index (χ1) is 10.5. The molecule has 0 aromatic carbocycles. The molecule has 2 aliphatic rings. The van der Waals surface area contributed by atoms with Crippen LogP contribution in [0.5, 0.6) is 0 Å². The standard InChI is InChI=1S/C22H42/c1-6-10-20-19(7-2)13-8-12-18(4)21(20)16-22(5)14-9-11-17(3)15-22/h17-21H,6-16H2,1-5H3. The zero-order valence-electron chi connectivity index (χ0n) is 16.2. The molecule has 0 saturated heterocycles. The summed E-state index contributed by atoms with van der Waals surface area (Å²) in [5.41, 5.74) is 0.644. The second kappa shape index (κ2) is 8.20. The molecule has 2 rings (SSSR count). The van der Waals surface area contributed by atoms with E-state index in [4.69, 9.17) is 0 Å². The molecule has 0 heteroatoms. The first-order valence-corrected chi connectivity index (χ1v) is 10.5. The van der Waals surface area contributed by atoms with Crippen LogP contribution in [-0.2, 0) is 0 Å². The summed E-state index contributed by atoms with van der Waals surface area (Å²) < 4.78 is 0. The third kappa shape index (κ3) is 4.51. The SMILES string of the molecule is CCCC1C(CC)CCCC(C)C1CC1(C)CCCC(C)C1. The van der Waals surface area contributed by atoms with Crippen molar-refractivity contribution in [1.29, 1.82) is 0 Å². The first kappa shape index (κ1) is 18.3. The molecule has 0 nitrogen and oxygen atoms in total. The normalized spacial score (nSPS) is 43.8. The average molecular weight is 307 g/mol. The molecule has 2 saturated carbocycles. The van der Waals surface area contributed by atoms with Crippen molar-refractivity contribution in [3.05, 3.63) is 0 Å². The predicted octanol–water partition coefficient (Wildman–Crippen LogP) is 7.47. The Kier molecular flexibility index (Phi) is 6.84. The van der Waals surface area contributed by atoms with E-state index in [1.165, 1.54) is 70.6 Å². The maximum Gasteiger partial charge on any atom is -0.0320 e. The highest BCUT2D eigenvalue weighted by Crippen LogP contribution is 2.50. The highest BCUT2D eigenvalue weighted by molar-refractivity contribution is 4.90. The summed E-state index contributed by atoms with van der Waals surface area (Å²) in [6.45, 7) is 12.6. The smallest absolute Gasteiger partial charge is 0.0320 e. The molecular formula is C22H42. The molecule has 6 unspecified atom stereocenters. The Hall–Kier alpha value is 0. The molecule has 0 heterocycles. The van der Waals surface area contributed by atoms with Crippen LogP contribution in [0, 0.1) is 35.0 Å². The summed E-state index contributed by atoms with van der Waals surface area (Å²) in [4.78, 5) is 0. The summed E-state index contributed by atoms with van der Waals surface area (Å²) in [5.74, 6) is 4.96. The first-order valence-electron chi connectivity index (χ1n) is 10.5. The Morgan fingerprint density at radius 3 is 2.36 bits per heavy atom. The lowest BCUT2D eigenvalue weighted by molar-refractivity contribution is 0.0664. The molecule has 2 aliphatic carbocycles. The van der Waals surface area contributed by atoms with Gasteiger partial charge in [0.05, 0.1) is 0 Å².